The molecule has 8 heteroatoms. The standard InChI is InChI=1S/C13H10ClNO4S2/c1-21(18,19)10-4-2-9(3-5-10)20-12-7-8(13(16)17)6-11(14)15-12/h2-7H,1H3,(H,16,17). The SMILES string of the molecule is CS(=O)(=O)c1ccc(Sc2cc(C(=O)O)cc(Cl)n2)cc1. The number of aromatic carboxylic acids is 1. The Morgan fingerprint density at radius 1 is 1.24 bits per heavy atom. The average molecular weight is 344 g/mol. The van der Waals surface area contributed by atoms with Crippen molar-refractivity contribution in [2.75, 3.05) is 6.26 Å². The zero-order valence-electron chi connectivity index (χ0n) is 10.8. The van der Waals surface area contributed by atoms with Crippen molar-refractivity contribution in [2.45, 2.75) is 14.8 Å². The summed E-state index contributed by atoms with van der Waals surface area (Å²) >= 11 is 6.98. The van der Waals surface area contributed by atoms with E-state index < -0.39 is 15.8 Å². The van der Waals surface area contributed by atoms with Crippen LogP contribution in [0.15, 0.2) is 51.2 Å². The van der Waals surface area contributed by atoms with E-state index >= 15 is 0 Å². The zero-order chi connectivity index (χ0) is 15.6. The molecule has 0 amide bonds. The topological polar surface area (TPSA) is 84.3 Å². The molecule has 0 radical (unpaired) electrons. The number of halogens is 1. The molecule has 0 aliphatic rings. The Bertz CT molecular complexity index is 788. The van der Waals surface area contributed by atoms with Gasteiger partial charge in [-0.3, -0.25) is 0 Å². The predicted molar refractivity (Wildman–Crippen MR) is 79.9 cm³/mol. The van der Waals surface area contributed by atoms with E-state index in [2.05, 4.69) is 4.98 Å². The summed E-state index contributed by atoms with van der Waals surface area (Å²) in [7, 11) is -3.24. The molecule has 0 aliphatic heterocycles. The number of hydrogen-bond donors (Lipinski definition) is 1. The van der Waals surface area contributed by atoms with Crippen LogP contribution in [-0.4, -0.2) is 30.7 Å². The van der Waals surface area contributed by atoms with Crippen molar-refractivity contribution in [3.63, 3.8) is 0 Å². The monoisotopic (exact) mass is 343 g/mol. The summed E-state index contributed by atoms with van der Waals surface area (Å²) in [6, 6.07) is 8.90. The Morgan fingerprint density at radius 2 is 1.86 bits per heavy atom. The first-order chi connectivity index (χ1) is 9.75. The number of pyridine rings is 1. The highest BCUT2D eigenvalue weighted by Gasteiger charge is 2.10. The lowest BCUT2D eigenvalue weighted by molar-refractivity contribution is 0.0696. The van der Waals surface area contributed by atoms with Crippen molar-refractivity contribution in [3.8, 4) is 0 Å². The molecule has 5 nitrogen and oxygen atoms in total. The lowest BCUT2D eigenvalue weighted by Gasteiger charge is -2.04. The number of carboxylic acid groups (broad SMARTS) is 1. The van der Waals surface area contributed by atoms with E-state index in [9.17, 15) is 13.2 Å². The number of rotatable bonds is 4. The Labute approximate surface area is 130 Å². The van der Waals surface area contributed by atoms with Gasteiger partial charge in [0, 0.05) is 11.2 Å². The van der Waals surface area contributed by atoms with Crippen molar-refractivity contribution < 1.29 is 18.3 Å². The molecule has 0 bridgehead atoms. The van der Waals surface area contributed by atoms with Gasteiger partial charge in [0.25, 0.3) is 0 Å². The van der Waals surface area contributed by atoms with Crippen LogP contribution in [0.2, 0.25) is 5.15 Å². The van der Waals surface area contributed by atoms with E-state index in [0.717, 1.165) is 11.2 Å². The minimum absolute atomic E-state index is 0.0465. The summed E-state index contributed by atoms with van der Waals surface area (Å²) in [5.74, 6) is -1.09. The Kier molecular flexibility index (Phi) is 4.55. The van der Waals surface area contributed by atoms with E-state index in [1.54, 1.807) is 12.1 Å². The van der Waals surface area contributed by atoms with E-state index in [1.165, 1.54) is 36.0 Å². The second-order valence-electron chi connectivity index (χ2n) is 4.17. The fourth-order valence-corrected chi connectivity index (χ4v) is 3.26. The van der Waals surface area contributed by atoms with Crippen LogP contribution in [0.1, 0.15) is 10.4 Å². The fourth-order valence-electron chi connectivity index (χ4n) is 1.52. The van der Waals surface area contributed by atoms with E-state index in [1.807, 2.05) is 0 Å². The molecule has 0 saturated carbocycles. The average Bonchev–Trinajstić information content (AvgIpc) is 2.37. The normalized spacial score (nSPS) is 11.3. The number of nitrogens with zero attached hydrogens (tertiary/aromatic N) is 1. The van der Waals surface area contributed by atoms with Crippen molar-refractivity contribution in [1.82, 2.24) is 4.98 Å². The Balaban J connectivity index is 2.28. The van der Waals surface area contributed by atoms with Crippen LogP contribution in [0, 0.1) is 0 Å². The summed E-state index contributed by atoms with van der Waals surface area (Å²) in [6.45, 7) is 0. The molecule has 1 N–H and O–H groups in total. The summed E-state index contributed by atoms with van der Waals surface area (Å²) in [6.07, 6.45) is 1.13. The largest absolute Gasteiger partial charge is 0.478 e. The van der Waals surface area contributed by atoms with Crippen LogP contribution in [-0.2, 0) is 9.84 Å². The molecule has 21 heavy (non-hydrogen) atoms. The fraction of sp³-hybridized carbons (Fsp3) is 0.0769. The van der Waals surface area contributed by atoms with Crippen molar-refractivity contribution in [2.24, 2.45) is 0 Å². The number of hydrogen-bond acceptors (Lipinski definition) is 5. The highest BCUT2D eigenvalue weighted by Crippen LogP contribution is 2.28. The number of carboxylic acids is 1. The van der Waals surface area contributed by atoms with Crippen LogP contribution in [0.25, 0.3) is 0 Å². The maximum absolute atomic E-state index is 11.4. The molecule has 1 aromatic heterocycles. The minimum atomic E-state index is -3.24. The molecule has 0 aliphatic carbocycles. The van der Waals surface area contributed by atoms with Crippen LogP contribution in [0.5, 0.6) is 0 Å². The van der Waals surface area contributed by atoms with Gasteiger partial charge in [0.1, 0.15) is 10.2 Å². The first-order valence-corrected chi connectivity index (χ1v) is 8.73. The van der Waals surface area contributed by atoms with E-state index in [4.69, 9.17) is 16.7 Å². The molecule has 0 atom stereocenters. The second kappa shape index (κ2) is 6.05. The molecule has 110 valence electrons. The summed E-state index contributed by atoms with van der Waals surface area (Å²) in [5.41, 5.74) is 0.0465. The van der Waals surface area contributed by atoms with Gasteiger partial charge in [-0.15, -0.1) is 0 Å². The number of benzene rings is 1. The third-order valence-electron chi connectivity index (χ3n) is 2.49. The molecule has 0 spiro atoms. The second-order valence-corrected chi connectivity index (χ2v) is 7.66. The molecule has 0 fully saturated rings. The molecule has 2 aromatic rings. The lowest BCUT2D eigenvalue weighted by atomic mass is 10.3. The van der Waals surface area contributed by atoms with Gasteiger partial charge in [0.05, 0.1) is 10.5 Å². The highest BCUT2D eigenvalue weighted by atomic mass is 35.5. The molecule has 1 aromatic carbocycles. The molecule has 2 rings (SSSR count). The molecule has 0 unspecified atom stereocenters. The number of carbonyl (C=O) groups is 1. The molecule has 1 heterocycles. The zero-order valence-corrected chi connectivity index (χ0v) is 13.2. The highest BCUT2D eigenvalue weighted by molar-refractivity contribution is 7.99. The lowest BCUT2D eigenvalue weighted by Crippen LogP contribution is -1.98. The first kappa shape index (κ1) is 15.8. The van der Waals surface area contributed by atoms with Gasteiger partial charge in [0.2, 0.25) is 0 Å². The van der Waals surface area contributed by atoms with Crippen molar-refractivity contribution >= 4 is 39.2 Å². The third kappa shape index (κ3) is 4.20. The molecular weight excluding hydrogens is 334 g/mol. The van der Waals surface area contributed by atoms with E-state index in [-0.39, 0.29) is 15.6 Å². The predicted octanol–water partition coefficient (Wildman–Crippen LogP) is 2.99. The van der Waals surface area contributed by atoms with Gasteiger partial charge < -0.3 is 5.11 Å². The Hall–Kier alpha value is -1.57. The van der Waals surface area contributed by atoms with Gasteiger partial charge in [-0.25, -0.2) is 18.2 Å². The van der Waals surface area contributed by atoms with Gasteiger partial charge in [-0.05, 0) is 36.4 Å². The van der Waals surface area contributed by atoms with Crippen LogP contribution < -0.4 is 0 Å². The number of sulfone groups is 1. The van der Waals surface area contributed by atoms with Gasteiger partial charge in [-0.2, -0.15) is 0 Å². The maximum Gasteiger partial charge on any atom is 0.335 e. The molecular formula is C13H10ClNO4S2. The minimum Gasteiger partial charge on any atom is -0.478 e. The first-order valence-electron chi connectivity index (χ1n) is 5.64. The summed E-state index contributed by atoms with van der Waals surface area (Å²) in [5, 5.41) is 9.47. The van der Waals surface area contributed by atoms with Crippen molar-refractivity contribution in [3.05, 3.63) is 47.1 Å². The summed E-state index contributed by atoms with van der Waals surface area (Å²) < 4.78 is 22.7. The van der Waals surface area contributed by atoms with Crippen LogP contribution in [0.4, 0.5) is 0 Å². The van der Waals surface area contributed by atoms with Crippen LogP contribution in [0.3, 0.4) is 0 Å². The van der Waals surface area contributed by atoms with Crippen molar-refractivity contribution in [1.29, 1.82) is 0 Å². The maximum atomic E-state index is 11.4. The van der Waals surface area contributed by atoms with Gasteiger partial charge in [-0.1, -0.05) is 23.4 Å². The van der Waals surface area contributed by atoms with E-state index in [0.29, 0.717) is 5.03 Å². The smallest absolute Gasteiger partial charge is 0.335 e. The summed E-state index contributed by atoms with van der Waals surface area (Å²) in [4.78, 5) is 15.9. The quantitative estimate of drug-likeness (QED) is 0.859. The van der Waals surface area contributed by atoms with Crippen LogP contribution >= 0.6 is 23.4 Å². The van der Waals surface area contributed by atoms with Gasteiger partial charge in [0.15, 0.2) is 9.84 Å². The molecule has 0 saturated heterocycles. The number of aromatic nitrogens is 1. The Morgan fingerprint density at radius 3 is 2.38 bits per heavy atom. The third-order valence-corrected chi connectivity index (χ3v) is 4.74. The van der Waals surface area contributed by atoms with Gasteiger partial charge >= 0.3 is 5.97 Å².